The molecule has 1 saturated heterocycles. The van der Waals surface area contributed by atoms with Gasteiger partial charge in [0.15, 0.2) is 5.96 Å². The highest BCUT2D eigenvalue weighted by Gasteiger charge is 2.42. The lowest BCUT2D eigenvalue weighted by Crippen LogP contribution is -2.64. The minimum Gasteiger partial charge on any atom is -0.445 e. The summed E-state index contributed by atoms with van der Waals surface area (Å²) in [5.41, 5.74) is 11.8. The third-order valence-corrected chi connectivity index (χ3v) is 14.8. The fourth-order valence-electron chi connectivity index (χ4n) is 8.31. The lowest BCUT2D eigenvalue weighted by molar-refractivity contribution is -0.138. The van der Waals surface area contributed by atoms with E-state index in [-0.39, 0.29) is 50.0 Å². The minimum atomic E-state index is -2.42. The number of alkyl carbamates (subject to hydrolysis) is 1. The van der Waals surface area contributed by atoms with Gasteiger partial charge in [-0.2, -0.15) is 0 Å². The summed E-state index contributed by atoms with van der Waals surface area (Å²) in [6, 6.07) is 0.713. The van der Waals surface area contributed by atoms with Crippen LogP contribution in [-0.2, 0) is 54.5 Å². The maximum Gasteiger partial charge on any atom is 0.408 e. The number of nitrogens with two attached hydrogens (primary N) is 2. The van der Waals surface area contributed by atoms with Gasteiger partial charge in [0.25, 0.3) is 0 Å². The average Bonchev–Trinajstić information content (AvgIpc) is 3.63. The molecule has 29 heteroatoms. The molecule has 1 aliphatic rings. The summed E-state index contributed by atoms with van der Waals surface area (Å²) >= 11 is 0. The highest BCUT2D eigenvalue weighted by molar-refractivity contribution is 6.76. The quantitative estimate of drug-likeness (QED) is 0.0316. The number of aliphatic hydroxyl groups is 4. The molecule has 28 nitrogen and oxygen atoms in total. The van der Waals surface area contributed by atoms with Gasteiger partial charge in [-0.05, 0) is 48.8 Å². The third kappa shape index (κ3) is 22.3. The molecule has 82 heavy (non-hydrogen) atoms. The largest absolute Gasteiger partial charge is 0.445 e. The Bertz CT molecular complexity index is 2520. The van der Waals surface area contributed by atoms with Crippen LogP contribution in [0.5, 0.6) is 0 Å². The highest BCUT2D eigenvalue weighted by atomic mass is 28.3. The number of benzene rings is 2. The molecule has 0 saturated carbocycles. The van der Waals surface area contributed by atoms with E-state index in [4.69, 9.17) is 16.2 Å². The molecule has 1 fully saturated rings. The van der Waals surface area contributed by atoms with Gasteiger partial charge >= 0.3 is 6.09 Å². The molecule has 0 aromatic heterocycles. The predicted molar refractivity (Wildman–Crippen MR) is 302 cm³/mol. The first kappa shape index (κ1) is 68.5. The summed E-state index contributed by atoms with van der Waals surface area (Å²) in [6.07, 6.45) is -4.28. The smallest absolute Gasteiger partial charge is 0.408 e. The Hall–Kier alpha value is -7.73. The third-order valence-electron chi connectivity index (χ3n) is 13.1. The summed E-state index contributed by atoms with van der Waals surface area (Å²) in [5, 5.41) is 67.7. The Kier molecular flexibility index (Phi) is 27.8. The van der Waals surface area contributed by atoms with Crippen LogP contribution in [0.2, 0.25) is 25.7 Å². The van der Waals surface area contributed by atoms with Crippen molar-refractivity contribution in [3.05, 3.63) is 71.8 Å². The zero-order valence-electron chi connectivity index (χ0n) is 47.5. The molecule has 18 N–H and O–H groups in total. The van der Waals surface area contributed by atoms with Crippen LogP contribution in [0.25, 0.3) is 0 Å². The first-order valence-electron chi connectivity index (χ1n) is 27.0. The molecule has 2 aromatic carbocycles. The molecular weight excluding hydrogens is 1090 g/mol. The van der Waals surface area contributed by atoms with E-state index in [9.17, 15) is 63.6 Å². The first-order valence-corrected chi connectivity index (χ1v) is 30.7. The van der Waals surface area contributed by atoms with Crippen molar-refractivity contribution in [1.82, 2.24) is 53.2 Å². The maximum atomic E-state index is 15.0. The summed E-state index contributed by atoms with van der Waals surface area (Å²) < 4.78 is 5.48. The van der Waals surface area contributed by atoms with Crippen molar-refractivity contribution < 1.29 is 73.1 Å². The fraction of sp³-hybridized carbons (Fsp3) is 0.566. The number of guanidine groups is 1. The Balaban J connectivity index is 2.30. The normalized spacial score (nSPS) is 24.8. The molecule has 0 radical (unpaired) electrons. The Morgan fingerprint density at radius 1 is 0.659 bits per heavy atom. The molecule has 12 atom stereocenters. The van der Waals surface area contributed by atoms with Gasteiger partial charge in [0, 0.05) is 14.6 Å². The van der Waals surface area contributed by atoms with Crippen molar-refractivity contribution >= 4 is 73.3 Å². The highest BCUT2D eigenvalue weighted by Crippen LogP contribution is 2.21. The van der Waals surface area contributed by atoms with Gasteiger partial charge in [-0.15, -0.1) is 0 Å². The molecule has 3 rings (SSSR count). The topological polar surface area (TPSA) is 446 Å². The average molecular weight is 1170 g/mol. The number of hydrogen-bond acceptors (Lipinski definition) is 16. The number of nitrogens with one attached hydrogen (secondary N) is 10. The Labute approximate surface area is 477 Å². The van der Waals surface area contributed by atoms with Crippen LogP contribution in [0.1, 0.15) is 71.0 Å². The summed E-state index contributed by atoms with van der Waals surface area (Å²) in [5.74, 6) is -11.3. The van der Waals surface area contributed by atoms with Crippen molar-refractivity contribution in [3.8, 4) is 0 Å². The van der Waals surface area contributed by atoms with Crippen LogP contribution in [0.4, 0.5) is 4.79 Å². The number of aliphatic hydroxyl groups excluding tert-OH is 4. The standard InChI is InChI=1S/C53H83N13O15Si/c1-9-29(4)38-49(77)63-39(30(5)69)48(76)57-23-37(70)58-34(24-67)45(73)60-35(25-68)46(74)64-40(32-19-14-11-15-20-32)41(66-53(80)81-26-31-17-12-10-13-18-31)50(78)65-42(43(71)28(2)3)51(79)61-36(27-82(6,7)8)47(75)59-33(44(72)62-38)21-16-22-56-52(54)55/h10-15,17-20,28-30,33-36,38-43,67-69,71H,9,16,21-27H2,1-8H3,(H,57,76)(H,58,70)(H,59,75)(H,60,73)(H,61,79)(H,62,72)(H,63,77)(H,64,74)(H,65,78)(H,66,80)(H4,54,55,56)/t29-,30-,33+,34-,35?,36-,38-,39-,40+,41-,42-,43+/m0/s1. The number of aliphatic imine (C=N–C) groups is 1. The van der Waals surface area contributed by atoms with Crippen molar-refractivity contribution in [1.29, 1.82) is 0 Å². The van der Waals surface area contributed by atoms with E-state index < -0.39 is 166 Å². The van der Waals surface area contributed by atoms with Crippen molar-refractivity contribution in [3.63, 3.8) is 0 Å². The van der Waals surface area contributed by atoms with Gasteiger partial charge in [-0.3, -0.25) is 48.1 Å². The lowest BCUT2D eigenvalue weighted by atomic mass is 9.95. The minimum absolute atomic E-state index is 0.00468. The second kappa shape index (κ2) is 33.3. The Morgan fingerprint density at radius 2 is 1.17 bits per heavy atom. The molecule has 2 aromatic rings. The number of nitrogens with zero attached hydrogens (tertiary/aromatic N) is 1. The van der Waals surface area contributed by atoms with E-state index in [1.165, 1.54) is 45.0 Å². The van der Waals surface area contributed by atoms with Crippen LogP contribution >= 0.6 is 0 Å². The molecule has 0 aliphatic carbocycles. The SMILES string of the molecule is CC[C@H](C)[C@@H]1NC(=O)[C@@H](CCCN=C(N)N)NC(=O)[C@H](C[Si](C)(C)C)NC(=O)[C@H]([C@H](O)C(C)C)NC(=O)[C@@H](NC(=O)OCc2ccccc2)[C@@H](c2ccccc2)NC(=O)C(CO)NC(=O)[C@H](CO)NC(=O)CNC(=O)[C@H]([C@H](C)O)NC1=O. The van der Waals surface area contributed by atoms with Crippen LogP contribution < -0.4 is 64.6 Å². The van der Waals surface area contributed by atoms with Gasteiger partial charge in [0.1, 0.15) is 54.9 Å². The number of hydrogen-bond donors (Lipinski definition) is 16. The molecule has 0 bridgehead atoms. The second-order valence-corrected chi connectivity index (χ2v) is 27.0. The van der Waals surface area contributed by atoms with Crippen molar-refractivity contribution in [2.24, 2.45) is 28.3 Å². The Morgan fingerprint density at radius 3 is 1.73 bits per heavy atom. The predicted octanol–water partition coefficient (Wildman–Crippen LogP) is -3.52. The van der Waals surface area contributed by atoms with E-state index in [0.29, 0.717) is 5.56 Å². The van der Waals surface area contributed by atoms with E-state index >= 15 is 4.79 Å². The van der Waals surface area contributed by atoms with Gasteiger partial charge in [0.05, 0.1) is 38.0 Å². The van der Waals surface area contributed by atoms with Gasteiger partial charge in [-0.1, -0.05) is 114 Å². The maximum absolute atomic E-state index is 15.0. The first-order chi connectivity index (χ1) is 38.6. The fourth-order valence-corrected chi connectivity index (χ4v) is 9.83. The molecular formula is C53H83N13O15Si. The number of rotatable bonds is 17. The van der Waals surface area contributed by atoms with Gasteiger partial charge in [0.2, 0.25) is 53.2 Å². The second-order valence-electron chi connectivity index (χ2n) is 21.5. The molecule has 1 heterocycles. The van der Waals surface area contributed by atoms with Gasteiger partial charge < -0.3 is 89.8 Å². The summed E-state index contributed by atoms with van der Waals surface area (Å²) in [6.45, 7) is 9.83. The molecule has 10 amide bonds. The van der Waals surface area contributed by atoms with E-state index in [0.717, 1.165) is 0 Å². The van der Waals surface area contributed by atoms with E-state index in [1.54, 1.807) is 50.2 Å². The molecule has 1 unspecified atom stereocenters. The van der Waals surface area contributed by atoms with Crippen molar-refractivity contribution in [2.75, 3.05) is 26.3 Å². The van der Waals surface area contributed by atoms with Crippen molar-refractivity contribution in [2.45, 2.75) is 153 Å². The van der Waals surface area contributed by atoms with E-state index in [1.807, 2.05) is 19.6 Å². The van der Waals surface area contributed by atoms with Crippen LogP contribution in [0.15, 0.2) is 65.7 Å². The zero-order valence-corrected chi connectivity index (χ0v) is 48.5. The lowest BCUT2D eigenvalue weighted by Gasteiger charge is -2.33. The number of carbonyl (C=O) groups is 10. The van der Waals surface area contributed by atoms with Gasteiger partial charge in [-0.25, -0.2) is 4.79 Å². The number of carbonyl (C=O) groups excluding carboxylic acids is 10. The molecule has 0 spiro atoms. The monoisotopic (exact) mass is 1170 g/mol. The van der Waals surface area contributed by atoms with Crippen LogP contribution in [-0.4, -0.2) is 181 Å². The van der Waals surface area contributed by atoms with Crippen LogP contribution in [0, 0.1) is 11.8 Å². The molecule has 454 valence electrons. The van der Waals surface area contributed by atoms with Crippen LogP contribution in [0.3, 0.4) is 0 Å². The van der Waals surface area contributed by atoms with E-state index in [2.05, 4.69) is 58.2 Å². The zero-order chi connectivity index (χ0) is 61.4. The number of amides is 10. The number of ether oxygens (including phenoxy) is 1. The molecule has 1 aliphatic heterocycles. The summed E-state index contributed by atoms with van der Waals surface area (Å²) in [7, 11) is -2.42. The summed E-state index contributed by atoms with van der Waals surface area (Å²) in [4.78, 5) is 145.